The number of anilines is 2. The molecule has 0 aliphatic heterocycles. The maximum absolute atomic E-state index is 12.5. The number of hydrogen-bond acceptors (Lipinski definition) is 4. The van der Waals surface area contributed by atoms with E-state index < -0.39 is 0 Å². The smallest absolute Gasteiger partial charge is 0.251 e. The van der Waals surface area contributed by atoms with Crippen LogP contribution in [0.5, 0.6) is 0 Å². The van der Waals surface area contributed by atoms with Gasteiger partial charge in [-0.25, -0.2) is 4.98 Å². The molecule has 1 aliphatic carbocycles. The van der Waals surface area contributed by atoms with Gasteiger partial charge in [-0.3, -0.25) is 9.78 Å². The Kier molecular flexibility index (Phi) is 6.30. The van der Waals surface area contributed by atoms with Crippen molar-refractivity contribution in [1.29, 1.82) is 0 Å². The van der Waals surface area contributed by atoms with Crippen molar-refractivity contribution in [1.82, 2.24) is 15.3 Å². The number of carbonyl (C=O) groups excluding carboxylic acids is 1. The summed E-state index contributed by atoms with van der Waals surface area (Å²) in [5.41, 5.74) is 4.53. The van der Waals surface area contributed by atoms with Crippen molar-refractivity contribution >= 4 is 17.4 Å². The molecule has 5 heteroatoms. The monoisotopic (exact) mass is 396 g/mol. The van der Waals surface area contributed by atoms with Gasteiger partial charge in [0.25, 0.3) is 5.91 Å². The van der Waals surface area contributed by atoms with Crippen LogP contribution >= 0.6 is 0 Å². The number of nitrogens with one attached hydrogen (secondary N) is 2. The molecule has 3 aromatic rings. The highest BCUT2D eigenvalue weighted by Crippen LogP contribution is 2.19. The van der Waals surface area contributed by atoms with Gasteiger partial charge in [0.05, 0.1) is 18.1 Å². The molecule has 2 aromatic carbocycles. The van der Waals surface area contributed by atoms with Crippen molar-refractivity contribution in [2.24, 2.45) is 0 Å². The molecule has 0 saturated carbocycles. The third kappa shape index (κ3) is 5.20. The van der Waals surface area contributed by atoms with E-state index in [2.05, 4.69) is 38.8 Å². The summed E-state index contributed by atoms with van der Waals surface area (Å²) in [5, 5.41) is 6.21. The molecule has 2 N–H and O–H groups in total. The van der Waals surface area contributed by atoms with E-state index in [0.717, 1.165) is 36.2 Å². The van der Waals surface area contributed by atoms with Gasteiger partial charge in [0, 0.05) is 23.4 Å². The summed E-state index contributed by atoms with van der Waals surface area (Å²) >= 11 is 0. The van der Waals surface area contributed by atoms with Gasteiger partial charge in [-0.1, -0.05) is 60.2 Å². The molecule has 0 atom stereocenters. The fourth-order valence-electron chi connectivity index (χ4n) is 3.31. The van der Waals surface area contributed by atoms with Crippen molar-refractivity contribution < 1.29 is 4.79 Å². The number of aromatic nitrogens is 2. The first kappa shape index (κ1) is 19.6. The van der Waals surface area contributed by atoms with Crippen LogP contribution in [0.1, 0.15) is 29.6 Å². The number of benzene rings is 2. The zero-order valence-electron chi connectivity index (χ0n) is 16.7. The summed E-state index contributed by atoms with van der Waals surface area (Å²) in [6.07, 6.45) is 13.0. The predicted molar refractivity (Wildman–Crippen MR) is 121 cm³/mol. The van der Waals surface area contributed by atoms with E-state index in [4.69, 9.17) is 0 Å². The number of amides is 1. The van der Waals surface area contributed by atoms with Gasteiger partial charge in [-0.2, -0.15) is 0 Å². The Morgan fingerprint density at radius 2 is 1.87 bits per heavy atom. The summed E-state index contributed by atoms with van der Waals surface area (Å²) in [7, 11) is 0. The quantitative estimate of drug-likeness (QED) is 0.570. The van der Waals surface area contributed by atoms with Gasteiger partial charge >= 0.3 is 0 Å². The van der Waals surface area contributed by atoms with Gasteiger partial charge in [-0.05, 0) is 37.5 Å². The molecule has 1 aliphatic rings. The van der Waals surface area contributed by atoms with Crippen molar-refractivity contribution in [3.8, 4) is 11.3 Å². The molecule has 1 heterocycles. The van der Waals surface area contributed by atoms with Gasteiger partial charge < -0.3 is 10.6 Å². The predicted octanol–water partition coefficient (Wildman–Crippen LogP) is 5.28. The first-order chi connectivity index (χ1) is 14.8. The Balaban J connectivity index is 1.35. The van der Waals surface area contributed by atoms with Crippen molar-refractivity contribution in [3.05, 3.63) is 96.4 Å². The molecule has 5 nitrogen and oxygen atoms in total. The molecule has 0 unspecified atom stereocenters. The third-order valence-electron chi connectivity index (χ3n) is 4.89. The Hall–Kier alpha value is -3.73. The second-order valence-corrected chi connectivity index (χ2v) is 7.12. The highest BCUT2D eigenvalue weighted by molar-refractivity contribution is 5.95. The van der Waals surface area contributed by atoms with Crippen LogP contribution in [0.4, 0.5) is 11.5 Å². The molecule has 30 heavy (non-hydrogen) atoms. The van der Waals surface area contributed by atoms with Crippen LogP contribution in [0.15, 0.2) is 90.8 Å². The van der Waals surface area contributed by atoms with E-state index in [9.17, 15) is 4.79 Å². The lowest BCUT2D eigenvalue weighted by Crippen LogP contribution is -2.24. The second kappa shape index (κ2) is 9.65. The highest BCUT2D eigenvalue weighted by atomic mass is 16.1. The Bertz CT molecular complexity index is 1060. The molecule has 1 amide bonds. The zero-order chi connectivity index (χ0) is 20.6. The summed E-state index contributed by atoms with van der Waals surface area (Å²) in [4.78, 5) is 21.4. The van der Waals surface area contributed by atoms with E-state index in [1.165, 1.54) is 5.57 Å². The zero-order valence-corrected chi connectivity index (χ0v) is 16.7. The van der Waals surface area contributed by atoms with Crippen LogP contribution in [0.3, 0.4) is 0 Å². The maximum atomic E-state index is 12.5. The average Bonchev–Trinajstić information content (AvgIpc) is 2.81. The van der Waals surface area contributed by atoms with E-state index in [1.807, 2.05) is 54.6 Å². The highest BCUT2D eigenvalue weighted by Gasteiger charge is 2.07. The molecule has 0 saturated heterocycles. The van der Waals surface area contributed by atoms with Crippen molar-refractivity contribution in [2.75, 3.05) is 11.9 Å². The van der Waals surface area contributed by atoms with Crippen LogP contribution in [-0.2, 0) is 0 Å². The Morgan fingerprint density at radius 1 is 0.967 bits per heavy atom. The van der Waals surface area contributed by atoms with E-state index in [0.29, 0.717) is 17.9 Å². The number of hydrogen-bond donors (Lipinski definition) is 2. The van der Waals surface area contributed by atoms with Crippen LogP contribution in [0, 0.1) is 0 Å². The standard InChI is InChI=1S/C25H24N4O/c30-25(26-15-14-19-8-3-1-4-9-19)21-12-7-13-22(16-21)29-24-18-27-23(17-28-24)20-10-5-2-6-11-20/h2-3,5-13,16-18H,1,4,14-15H2,(H,26,30)(H,28,29). The SMILES string of the molecule is O=C(NCCC1=CCCC=C1)c1cccc(Nc2cnc(-c3ccccc3)cn2)c1. The van der Waals surface area contributed by atoms with Crippen molar-refractivity contribution in [3.63, 3.8) is 0 Å². The van der Waals surface area contributed by atoms with Gasteiger partial charge in [0.15, 0.2) is 0 Å². The van der Waals surface area contributed by atoms with E-state index in [1.54, 1.807) is 12.4 Å². The molecule has 150 valence electrons. The van der Waals surface area contributed by atoms with E-state index >= 15 is 0 Å². The lowest BCUT2D eigenvalue weighted by Gasteiger charge is -2.10. The normalized spacial score (nSPS) is 12.9. The first-order valence-corrected chi connectivity index (χ1v) is 10.2. The topological polar surface area (TPSA) is 66.9 Å². The molecular formula is C25H24N4O. The summed E-state index contributed by atoms with van der Waals surface area (Å²) < 4.78 is 0. The summed E-state index contributed by atoms with van der Waals surface area (Å²) in [6.45, 7) is 0.624. The second-order valence-electron chi connectivity index (χ2n) is 7.12. The van der Waals surface area contributed by atoms with Crippen LogP contribution in [-0.4, -0.2) is 22.4 Å². The summed E-state index contributed by atoms with van der Waals surface area (Å²) in [5.74, 6) is 0.549. The molecule has 0 spiro atoms. The number of carbonyl (C=O) groups is 1. The number of rotatable bonds is 7. The van der Waals surface area contributed by atoms with Crippen LogP contribution < -0.4 is 10.6 Å². The Labute approximate surface area is 176 Å². The largest absolute Gasteiger partial charge is 0.352 e. The average molecular weight is 396 g/mol. The van der Waals surface area contributed by atoms with Crippen LogP contribution in [0.2, 0.25) is 0 Å². The molecule has 1 aromatic heterocycles. The fraction of sp³-hybridized carbons (Fsp3) is 0.160. The van der Waals surface area contributed by atoms with Crippen molar-refractivity contribution in [2.45, 2.75) is 19.3 Å². The van der Waals surface area contributed by atoms with Crippen LogP contribution in [0.25, 0.3) is 11.3 Å². The van der Waals surface area contributed by atoms with Gasteiger partial charge in [0.1, 0.15) is 5.82 Å². The third-order valence-corrected chi connectivity index (χ3v) is 4.89. The fourth-order valence-corrected chi connectivity index (χ4v) is 3.31. The lowest BCUT2D eigenvalue weighted by molar-refractivity contribution is 0.0954. The van der Waals surface area contributed by atoms with Gasteiger partial charge in [0.2, 0.25) is 0 Å². The van der Waals surface area contributed by atoms with Gasteiger partial charge in [-0.15, -0.1) is 0 Å². The first-order valence-electron chi connectivity index (χ1n) is 10.2. The Morgan fingerprint density at radius 3 is 2.63 bits per heavy atom. The maximum Gasteiger partial charge on any atom is 0.251 e. The minimum atomic E-state index is -0.0791. The minimum Gasteiger partial charge on any atom is -0.352 e. The molecule has 0 radical (unpaired) electrons. The number of allylic oxidation sites excluding steroid dienone is 3. The van der Waals surface area contributed by atoms with E-state index in [-0.39, 0.29) is 5.91 Å². The molecular weight excluding hydrogens is 372 g/mol. The minimum absolute atomic E-state index is 0.0791. The lowest BCUT2D eigenvalue weighted by atomic mass is 10.0. The molecule has 0 fully saturated rings. The summed E-state index contributed by atoms with van der Waals surface area (Å²) in [6, 6.07) is 17.3. The number of nitrogens with zero attached hydrogens (tertiary/aromatic N) is 2. The molecule has 4 rings (SSSR count). The molecule has 0 bridgehead atoms.